The number of aryl methyl sites for hydroxylation is 4. The number of nitrogens with one attached hydrogen (secondary N) is 1. The smallest absolute Gasteiger partial charge is 0.178 e. The van der Waals surface area contributed by atoms with Gasteiger partial charge in [0.2, 0.25) is 0 Å². The van der Waals surface area contributed by atoms with Crippen LogP contribution >= 0.6 is 14.3 Å². The molecular weight excluding hydrogens is 696 g/mol. The fourth-order valence-corrected chi connectivity index (χ4v) is 13.0. The molecule has 0 aromatic heterocycles. The monoisotopic (exact) mass is 735 g/mol. The van der Waals surface area contributed by atoms with Crippen LogP contribution in [0, 0.1) is 33.1 Å². The highest BCUT2D eigenvalue weighted by Crippen LogP contribution is 2.53. The Hall–Kier alpha value is -5.61. The van der Waals surface area contributed by atoms with Gasteiger partial charge in [0, 0.05) is 16.2 Å². The summed E-state index contributed by atoms with van der Waals surface area (Å²) >= 11 is 0. The summed E-state index contributed by atoms with van der Waals surface area (Å²) in [6.45, 7) is 14.6. The van der Waals surface area contributed by atoms with E-state index < -0.39 is 14.3 Å². The topological polar surface area (TPSA) is 101 Å². The minimum atomic E-state index is -3.23. The predicted octanol–water partition coefficient (Wildman–Crippen LogP) is 8.32. The van der Waals surface area contributed by atoms with Crippen LogP contribution in [-0.4, -0.2) is 19.3 Å². The van der Waals surface area contributed by atoms with E-state index in [1.54, 1.807) is 0 Å². The number of ether oxygens (including phenoxy) is 2. The van der Waals surface area contributed by atoms with E-state index in [1.807, 2.05) is 149 Å². The van der Waals surface area contributed by atoms with E-state index >= 15 is 9.13 Å². The summed E-state index contributed by atoms with van der Waals surface area (Å²) in [5.74, 6) is 2.97. The first-order valence-electron chi connectivity index (χ1n) is 17.2. The van der Waals surface area contributed by atoms with E-state index in [4.69, 9.17) is 19.9 Å². The Balaban J connectivity index is 0.00000214. The van der Waals surface area contributed by atoms with E-state index in [9.17, 15) is 0 Å². The SMILES string of the molecule is C=N.C=NC(=NCc1ccc(P2(=O)c3cc(C)ccc3Oc3ccc(C)cc32)cc1)c1ccc(P2(=O)c3cc(C)ccc3Oc3ccc(C)cc32)cc1. The summed E-state index contributed by atoms with van der Waals surface area (Å²) in [7, 11) is -6.43. The van der Waals surface area contributed by atoms with Gasteiger partial charge in [0.25, 0.3) is 0 Å². The maximum absolute atomic E-state index is 15.2. The van der Waals surface area contributed by atoms with Crippen LogP contribution in [0.5, 0.6) is 23.0 Å². The van der Waals surface area contributed by atoms with Crippen molar-refractivity contribution in [3.8, 4) is 23.0 Å². The Labute approximate surface area is 310 Å². The largest absolute Gasteiger partial charge is 0.456 e. The van der Waals surface area contributed by atoms with Crippen molar-refractivity contribution < 1.29 is 18.6 Å². The molecule has 0 spiro atoms. The minimum Gasteiger partial charge on any atom is -0.456 e. The highest BCUT2D eigenvalue weighted by Gasteiger charge is 2.40. The lowest BCUT2D eigenvalue weighted by molar-refractivity contribution is 0.484. The molecule has 0 radical (unpaired) electrons. The number of amidine groups is 1. The lowest BCUT2D eigenvalue weighted by Crippen LogP contribution is -2.31. The Morgan fingerprint density at radius 1 is 0.547 bits per heavy atom. The molecule has 2 aliphatic rings. The fourth-order valence-electron chi connectivity index (χ4n) is 6.92. The van der Waals surface area contributed by atoms with Gasteiger partial charge in [0.15, 0.2) is 20.1 Å². The maximum atomic E-state index is 15.2. The molecule has 264 valence electrons. The Morgan fingerprint density at radius 2 is 0.887 bits per heavy atom. The molecule has 0 saturated heterocycles. The van der Waals surface area contributed by atoms with Crippen molar-refractivity contribution in [2.24, 2.45) is 9.98 Å². The predicted molar refractivity (Wildman–Crippen MR) is 220 cm³/mol. The normalized spacial score (nSPS) is 14.5. The number of nitrogens with zero attached hydrogens (tertiary/aromatic N) is 2. The van der Waals surface area contributed by atoms with E-state index in [0.29, 0.717) is 61.9 Å². The third kappa shape index (κ3) is 6.20. The van der Waals surface area contributed by atoms with Crippen molar-refractivity contribution in [1.82, 2.24) is 0 Å². The molecule has 0 fully saturated rings. The molecule has 0 unspecified atom stereocenters. The fraction of sp³-hybridized carbons (Fsp3) is 0.114. The minimum absolute atomic E-state index is 0.352. The van der Waals surface area contributed by atoms with E-state index in [-0.39, 0.29) is 0 Å². The van der Waals surface area contributed by atoms with Crippen LogP contribution in [0.2, 0.25) is 0 Å². The summed E-state index contributed by atoms with van der Waals surface area (Å²) in [5, 5.41) is 9.79. The van der Waals surface area contributed by atoms with Crippen molar-refractivity contribution in [2.45, 2.75) is 34.2 Å². The highest BCUT2D eigenvalue weighted by molar-refractivity contribution is 7.86. The third-order valence-electron chi connectivity index (χ3n) is 9.60. The van der Waals surface area contributed by atoms with E-state index in [1.165, 1.54) is 0 Å². The van der Waals surface area contributed by atoms with Gasteiger partial charge in [-0.3, -0.25) is 4.99 Å². The molecule has 6 aromatic carbocycles. The maximum Gasteiger partial charge on any atom is 0.178 e. The van der Waals surface area contributed by atoms with Crippen molar-refractivity contribution in [3.05, 3.63) is 155 Å². The number of aliphatic imine (C=N–C) groups is 2. The van der Waals surface area contributed by atoms with Crippen LogP contribution < -0.4 is 41.3 Å². The second kappa shape index (κ2) is 14.1. The van der Waals surface area contributed by atoms with Crippen molar-refractivity contribution in [1.29, 1.82) is 5.41 Å². The number of fused-ring (bicyclic) bond motifs is 4. The Kier molecular flexibility index (Phi) is 9.50. The van der Waals surface area contributed by atoms with Gasteiger partial charge in [-0.05, 0) is 95.2 Å². The second-order valence-electron chi connectivity index (χ2n) is 13.3. The van der Waals surface area contributed by atoms with Crippen LogP contribution in [0.1, 0.15) is 33.4 Å². The molecule has 8 rings (SSSR count). The highest BCUT2D eigenvalue weighted by atomic mass is 31.2. The Morgan fingerprint density at radius 3 is 1.23 bits per heavy atom. The molecule has 0 atom stereocenters. The van der Waals surface area contributed by atoms with Gasteiger partial charge in [-0.2, -0.15) is 0 Å². The van der Waals surface area contributed by atoms with Gasteiger partial charge < -0.3 is 24.0 Å². The number of hydrogen-bond donors (Lipinski definition) is 1. The lowest BCUT2D eigenvalue weighted by Gasteiger charge is -2.29. The summed E-state index contributed by atoms with van der Waals surface area (Å²) < 4.78 is 42.8. The van der Waals surface area contributed by atoms with Gasteiger partial charge in [-0.15, -0.1) is 0 Å². The molecule has 1 N–H and O–H groups in total. The van der Waals surface area contributed by atoms with Gasteiger partial charge in [0.05, 0.1) is 27.8 Å². The summed E-state index contributed by atoms with van der Waals surface area (Å²) in [5.41, 5.74) is 5.79. The first kappa shape index (κ1) is 35.8. The first-order chi connectivity index (χ1) is 25.6. The first-order valence-corrected chi connectivity index (χ1v) is 20.6. The van der Waals surface area contributed by atoms with Crippen LogP contribution in [0.4, 0.5) is 0 Å². The molecule has 53 heavy (non-hydrogen) atoms. The zero-order valence-corrected chi connectivity index (χ0v) is 31.9. The lowest BCUT2D eigenvalue weighted by atomic mass is 10.2. The second-order valence-corrected chi connectivity index (χ2v) is 18.7. The molecule has 0 amide bonds. The summed E-state index contributed by atoms with van der Waals surface area (Å²) in [6.07, 6.45) is 0. The van der Waals surface area contributed by atoms with Gasteiger partial charge >= 0.3 is 0 Å². The number of rotatable bonds is 5. The standard InChI is InChI=1S/C43H36N2O4P2.CH3N/c1-27-6-18-35-39(22-27)50(46,40-23-28(2)7-19-36(40)48-35)33-14-10-31(11-15-33)26-45-43(44-5)32-12-16-34(17-13-32)51(47)41-24-29(3)8-20-37(41)49-38-21-9-30(4)25-42(38)51;1-2/h6-25H,5,26H2,1-4H3;2H,1H2. The van der Waals surface area contributed by atoms with Gasteiger partial charge in [-0.25, -0.2) is 4.99 Å². The molecule has 6 aromatic rings. The molecule has 7 nitrogen and oxygen atoms in total. The zero-order chi connectivity index (χ0) is 37.5. The van der Waals surface area contributed by atoms with Crippen molar-refractivity contribution in [3.63, 3.8) is 0 Å². The Bertz CT molecular complexity index is 2430. The quantitative estimate of drug-likeness (QED) is 0.109. The average molecular weight is 736 g/mol. The molecule has 0 saturated carbocycles. The summed E-state index contributed by atoms with van der Waals surface area (Å²) in [6, 6.07) is 38.8. The number of benzene rings is 6. The third-order valence-corrected chi connectivity index (χ3v) is 15.8. The number of hydrogen-bond acceptors (Lipinski definition) is 6. The zero-order valence-electron chi connectivity index (χ0n) is 30.1. The van der Waals surface area contributed by atoms with Crippen LogP contribution in [0.25, 0.3) is 0 Å². The van der Waals surface area contributed by atoms with Crippen LogP contribution in [0.15, 0.2) is 131 Å². The molecular formula is C44H39N3O4P2. The van der Waals surface area contributed by atoms with E-state index in [0.717, 1.165) is 38.7 Å². The van der Waals surface area contributed by atoms with Crippen LogP contribution in [0.3, 0.4) is 0 Å². The molecule has 0 bridgehead atoms. The molecule has 2 heterocycles. The summed E-state index contributed by atoms with van der Waals surface area (Å²) in [4.78, 5) is 9.05. The van der Waals surface area contributed by atoms with E-state index in [2.05, 4.69) is 18.4 Å². The van der Waals surface area contributed by atoms with Gasteiger partial charge in [0.1, 0.15) is 23.0 Å². The molecule has 2 aliphatic heterocycles. The average Bonchev–Trinajstić information content (AvgIpc) is 3.18. The molecule has 9 heteroatoms. The van der Waals surface area contributed by atoms with Crippen molar-refractivity contribution in [2.75, 3.05) is 0 Å². The van der Waals surface area contributed by atoms with Crippen molar-refractivity contribution >= 4 is 65.4 Å². The van der Waals surface area contributed by atoms with Gasteiger partial charge in [-0.1, -0.05) is 95.1 Å². The van der Waals surface area contributed by atoms with Crippen LogP contribution in [-0.2, 0) is 15.7 Å². The molecule has 0 aliphatic carbocycles.